The van der Waals surface area contributed by atoms with E-state index in [1.54, 1.807) is 0 Å². The molecule has 12 heavy (non-hydrogen) atoms. The summed E-state index contributed by atoms with van der Waals surface area (Å²) in [4.78, 5) is 13.1. The molecule has 1 heterocycles. The zero-order valence-electron chi connectivity index (χ0n) is 7.55. The molecule has 1 aliphatic heterocycles. The van der Waals surface area contributed by atoms with Crippen LogP contribution in [0.2, 0.25) is 0 Å². The smallest absolute Gasteiger partial charge is 0.264 e. The van der Waals surface area contributed by atoms with E-state index in [2.05, 4.69) is 4.90 Å². The largest absolute Gasteiger partial charge is 0.367 e. The fourth-order valence-electron chi connectivity index (χ4n) is 1.54. The number of carbonyl (C=O) groups is 1. The van der Waals surface area contributed by atoms with Gasteiger partial charge < -0.3 is 10.6 Å². The van der Waals surface area contributed by atoms with Crippen LogP contribution < -0.4 is 5.73 Å². The lowest BCUT2D eigenvalue weighted by atomic mass is 10.3. The second-order valence-corrected chi connectivity index (χ2v) is 3.06. The lowest BCUT2D eigenvalue weighted by molar-refractivity contribution is -0.115. The van der Waals surface area contributed by atoms with Crippen molar-refractivity contribution >= 4 is 5.91 Å². The first-order chi connectivity index (χ1) is 5.75. The molecule has 0 atom stereocenters. The Bertz CT molecular complexity index is 193. The highest BCUT2D eigenvalue weighted by atomic mass is 16.1. The normalized spacial score (nSPS) is 18.4. The van der Waals surface area contributed by atoms with Gasteiger partial charge in [-0.15, -0.1) is 0 Å². The number of primary amides is 1. The molecule has 68 valence electrons. The predicted octanol–water partition coefficient (Wildman–Crippen LogP) is 0.861. The Balaban J connectivity index is 2.64. The predicted molar refractivity (Wildman–Crippen MR) is 48.4 cm³/mol. The first kappa shape index (κ1) is 9.10. The Morgan fingerprint density at radius 2 is 2.08 bits per heavy atom. The highest BCUT2D eigenvalue weighted by Gasteiger charge is 2.17. The standard InChI is InChI=1S/C9H16N2O/c1-2-5-8(9(10)12)11-6-3-4-7-11/h5H,2-4,6-7H2,1H3,(H2,10,12)/b8-5-. The molecule has 1 rings (SSSR count). The molecule has 3 heteroatoms. The number of nitrogens with zero attached hydrogens (tertiary/aromatic N) is 1. The van der Waals surface area contributed by atoms with E-state index >= 15 is 0 Å². The Kier molecular flexibility index (Phi) is 3.14. The quantitative estimate of drug-likeness (QED) is 0.635. The van der Waals surface area contributed by atoms with E-state index in [9.17, 15) is 4.79 Å². The van der Waals surface area contributed by atoms with Gasteiger partial charge in [-0.05, 0) is 19.3 Å². The summed E-state index contributed by atoms with van der Waals surface area (Å²) in [6.07, 6.45) is 5.13. The van der Waals surface area contributed by atoms with Crippen molar-refractivity contribution in [1.82, 2.24) is 4.90 Å². The molecule has 0 unspecified atom stereocenters. The minimum Gasteiger partial charge on any atom is -0.367 e. The molecule has 0 aromatic heterocycles. The summed E-state index contributed by atoms with van der Waals surface area (Å²) in [6.45, 7) is 3.97. The SMILES string of the molecule is CC/C=C(/C(N)=O)N1CCCC1. The third-order valence-electron chi connectivity index (χ3n) is 2.10. The lowest BCUT2D eigenvalue weighted by Crippen LogP contribution is -2.29. The van der Waals surface area contributed by atoms with Gasteiger partial charge in [0.25, 0.3) is 5.91 Å². The van der Waals surface area contributed by atoms with Gasteiger partial charge in [-0.3, -0.25) is 4.79 Å². The van der Waals surface area contributed by atoms with Gasteiger partial charge in [0, 0.05) is 13.1 Å². The summed E-state index contributed by atoms with van der Waals surface area (Å²) in [5.74, 6) is -0.293. The van der Waals surface area contributed by atoms with Gasteiger partial charge in [0.1, 0.15) is 0 Å². The minimum absolute atomic E-state index is 0.293. The van der Waals surface area contributed by atoms with Crippen molar-refractivity contribution in [3.05, 3.63) is 11.8 Å². The molecule has 1 saturated heterocycles. The average molecular weight is 168 g/mol. The van der Waals surface area contributed by atoms with E-state index in [-0.39, 0.29) is 5.91 Å². The summed E-state index contributed by atoms with van der Waals surface area (Å²) < 4.78 is 0. The Labute approximate surface area is 73.2 Å². The summed E-state index contributed by atoms with van der Waals surface area (Å²) in [6, 6.07) is 0. The second-order valence-electron chi connectivity index (χ2n) is 3.06. The van der Waals surface area contributed by atoms with Gasteiger partial charge in [-0.25, -0.2) is 0 Å². The number of carbonyl (C=O) groups excluding carboxylic acids is 1. The number of hydrogen-bond donors (Lipinski definition) is 1. The van der Waals surface area contributed by atoms with E-state index in [0.717, 1.165) is 19.5 Å². The molecule has 1 aliphatic rings. The average Bonchev–Trinajstić information content (AvgIpc) is 2.51. The van der Waals surface area contributed by atoms with Crippen LogP contribution in [0.3, 0.4) is 0 Å². The van der Waals surface area contributed by atoms with Crippen LogP contribution in [0, 0.1) is 0 Å². The first-order valence-corrected chi connectivity index (χ1v) is 4.50. The summed E-state index contributed by atoms with van der Waals surface area (Å²) >= 11 is 0. The lowest BCUT2D eigenvalue weighted by Gasteiger charge is -2.18. The fraction of sp³-hybridized carbons (Fsp3) is 0.667. The maximum Gasteiger partial charge on any atom is 0.264 e. The zero-order valence-corrected chi connectivity index (χ0v) is 7.55. The number of rotatable bonds is 3. The van der Waals surface area contributed by atoms with E-state index in [4.69, 9.17) is 5.73 Å². The van der Waals surface area contributed by atoms with Crippen LogP contribution >= 0.6 is 0 Å². The maximum absolute atomic E-state index is 11.0. The van der Waals surface area contributed by atoms with Crippen molar-refractivity contribution in [1.29, 1.82) is 0 Å². The van der Waals surface area contributed by atoms with Crippen molar-refractivity contribution in [2.24, 2.45) is 5.73 Å². The Morgan fingerprint density at radius 1 is 1.50 bits per heavy atom. The van der Waals surface area contributed by atoms with E-state index in [0.29, 0.717) is 5.70 Å². The van der Waals surface area contributed by atoms with Crippen molar-refractivity contribution < 1.29 is 4.79 Å². The van der Waals surface area contributed by atoms with Gasteiger partial charge in [-0.1, -0.05) is 13.0 Å². The summed E-state index contributed by atoms with van der Waals surface area (Å²) in [5.41, 5.74) is 5.96. The molecule has 3 nitrogen and oxygen atoms in total. The van der Waals surface area contributed by atoms with Crippen molar-refractivity contribution in [2.45, 2.75) is 26.2 Å². The topological polar surface area (TPSA) is 46.3 Å². The van der Waals surface area contributed by atoms with Crippen molar-refractivity contribution in [3.8, 4) is 0 Å². The number of nitrogens with two attached hydrogens (primary N) is 1. The van der Waals surface area contributed by atoms with Gasteiger partial charge >= 0.3 is 0 Å². The van der Waals surface area contributed by atoms with Crippen LogP contribution in [-0.2, 0) is 4.79 Å². The molecular formula is C9H16N2O. The van der Waals surface area contributed by atoms with Gasteiger partial charge in [0.2, 0.25) is 0 Å². The van der Waals surface area contributed by atoms with Crippen LogP contribution in [0.5, 0.6) is 0 Å². The first-order valence-electron chi connectivity index (χ1n) is 4.50. The van der Waals surface area contributed by atoms with Gasteiger partial charge in [0.05, 0.1) is 5.70 Å². The van der Waals surface area contributed by atoms with Crippen LogP contribution in [0.4, 0.5) is 0 Å². The molecule has 1 amide bonds. The molecule has 0 bridgehead atoms. The Hall–Kier alpha value is -0.990. The highest BCUT2D eigenvalue weighted by molar-refractivity contribution is 5.91. The van der Waals surface area contributed by atoms with E-state index in [1.807, 2.05) is 13.0 Å². The number of likely N-dealkylation sites (tertiary alicyclic amines) is 1. The van der Waals surface area contributed by atoms with E-state index < -0.39 is 0 Å². The zero-order chi connectivity index (χ0) is 8.97. The molecule has 0 radical (unpaired) electrons. The molecular weight excluding hydrogens is 152 g/mol. The maximum atomic E-state index is 11.0. The third-order valence-corrected chi connectivity index (χ3v) is 2.10. The van der Waals surface area contributed by atoms with Crippen molar-refractivity contribution in [2.75, 3.05) is 13.1 Å². The Morgan fingerprint density at radius 3 is 2.50 bits per heavy atom. The molecule has 0 saturated carbocycles. The van der Waals surface area contributed by atoms with E-state index in [1.165, 1.54) is 12.8 Å². The van der Waals surface area contributed by atoms with Gasteiger partial charge in [0.15, 0.2) is 0 Å². The number of hydrogen-bond acceptors (Lipinski definition) is 2. The summed E-state index contributed by atoms with van der Waals surface area (Å²) in [7, 11) is 0. The number of allylic oxidation sites excluding steroid dienone is 1. The molecule has 0 spiro atoms. The summed E-state index contributed by atoms with van der Waals surface area (Å²) in [5, 5.41) is 0. The molecule has 2 N–H and O–H groups in total. The fourth-order valence-corrected chi connectivity index (χ4v) is 1.54. The van der Waals surface area contributed by atoms with Crippen LogP contribution in [0.25, 0.3) is 0 Å². The number of amides is 1. The monoisotopic (exact) mass is 168 g/mol. The van der Waals surface area contributed by atoms with Gasteiger partial charge in [-0.2, -0.15) is 0 Å². The molecule has 0 aliphatic carbocycles. The molecule has 0 aromatic carbocycles. The highest BCUT2D eigenvalue weighted by Crippen LogP contribution is 2.14. The van der Waals surface area contributed by atoms with Crippen LogP contribution in [0.1, 0.15) is 26.2 Å². The van der Waals surface area contributed by atoms with Crippen LogP contribution in [-0.4, -0.2) is 23.9 Å². The molecule has 1 fully saturated rings. The molecule has 0 aromatic rings. The minimum atomic E-state index is -0.293. The third kappa shape index (κ3) is 2.00. The second kappa shape index (κ2) is 4.14. The van der Waals surface area contributed by atoms with Crippen LogP contribution in [0.15, 0.2) is 11.8 Å². The van der Waals surface area contributed by atoms with Crippen molar-refractivity contribution in [3.63, 3.8) is 0 Å².